The van der Waals surface area contributed by atoms with Gasteiger partial charge in [-0.25, -0.2) is 4.39 Å². The van der Waals surface area contributed by atoms with Gasteiger partial charge in [-0.1, -0.05) is 40.0 Å². The summed E-state index contributed by atoms with van der Waals surface area (Å²) in [4.78, 5) is 11.6. The van der Waals surface area contributed by atoms with Gasteiger partial charge in [-0.15, -0.1) is 0 Å². The van der Waals surface area contributed by atoms with E-state index in [9.17, 15) is 9.18 Å². The Morgan fingerprint density at radius 3 is 2.70 bits per heavy atom. The van der Waals surface area contributed by atoms with Crippen LogP contribution in [-0.4, -0.2) is 5.91 Å². The predicted octanol–water partition coefficient (Wildman–Crippen LogP) is 3.26. The van der Waals surface area contributed by atoms with Gasteiger partial charge < -0.3 is 5.32 Å². The molecule has 2 nitrogen and oxygen atoms in total. The second-order valence-electron chi connectivity index (χ2n) is 4.03. The van der Waals surface area contributed by atoms with E-state index in [2.05, 4.69) is 33.1 Å². The maximum Gasteiger partial charge on any atom is 0.296 e. The Hall–Kier alpha value is -2.12. The third-order valence-corrected chi connectivity index (χ3v) is 3.03. The summed E-state index contributed by atoms with van der Waals surface area (Å²) in [5.74, 6) is 4.42. The molecule has 0 atom stereocenters. The summed E-state index contributed by atoms with van der Waals surface area (Å²) >= 11 is 3.26. The lowest BCUT2D eigenvalue weighted by Crippen LogP contribution is -2.21. The van der Waals surface area contributed by atoms with Crippen LogP contribution in [0.2, 0.25) is 0 Å². The summed E-state index contributed by atoms with van der Waals surface area (Å²) in [6.45, 7) is 0.105. The minimum absolute atomic E-state index is 0.105. The van der Waals surface area contributed by atoms with Gasteiger partial charge in [0.2, 0.25) is 0 Å². The topological polar surface area (TPSA) is 29.1 Å². The molecule has 0 radical (unpaired) electrons. The highest BCUT2D eigenvalue weighted by atomic mass is 79.9. The molecule has 1 N–H and O–H groups in total. The van der Waals surface area contributed by atoms with Crippen molar-refractivity contribution in [1.82, 2.24) is 5.32 Å². The van der Waals surface area contributed by atoms with E-state index in [1.54, 1.807) is 12.1 Å². The van der Waals surface area contributed by atoms with Crippen molar-refractivity contribution in [2.45, 2.75) is 6.54 Å². The molecular weight excluding hydrogens is 321 g/mol. The lowest BCUT2D eigenvalue weighted by molar-refractivity contribution is -0.115. The van der Waals surface area contributed by atoms with E-state index in [1.807, 2.05) is 30.3 Å². The molecule has 0 saturated carbocycles. The van der Waals surface area contributed by atoms with Crippen molar-refractivity contribution < 1.29 is 9.18 Å². The fraction of sp³-hybridized carbons (Fsp3) is 0.0625. The fourth-order valence-electron chi connectivity index (χ4n) is 1.55. The van der Waals surface area contributed by atoms with Crippen LogP contribution in [0.1, 0.15) is 11.1 Å². The summed E-state index contributed by atoms with van der Waals surface area (Å²) in [5, 5.41) is 2.56. The van der Waals surface area contributed by atoms with E-state index < -0.39 is 5.91 Å². The first-order valence-electron chi connectivity index (χ1n) is 5.94. The SMILES string of the molecule is O=C(C#Cc1ccccc1)NCc1cc(Br)ccc1F. The van der Waals surface area contributed by atoms with E-state index in [-0.39, 0.29) is 12.4 Å². The van der Waals surface area contributed by atoms with Crippen LogP contribution in [0.3, 0.4) is 0 Å². The first-order valence-corrected chi connectivity index (χ1v) is 6.73. The summed E-state index contributed by atoms with van der Waals surface area (Å²) in [7, 11) is 0. The van der Waals surface area contributed by atoms with Crippen LogP contribution in [0.4, 0.5) is 4.39 Å². The first-order chi connectivity index (χ1) is 9.65. The number of hydrogen-bond acceptors (Lipinski definition) is 1. The van der Waals surface area contributed by atoms with Gasteiger partial charge in [0.25, 0.3) is 5.91 Å². The van der Waals surface area contributed by atoms with E-state index in [1.165, 1.54) is 6.07 Å². The minimum atomic E-state index is -0.437. The summed E-state index contributed by atoms with van der Waals surface area (Å²) in [6.07, 6.45) is 0. The molecule has 0 aliphatic carbocycles. The average Bonchev–Trinajstić information content (AvgIpc) is 2.47. The maximum atomic E-state index is 13.5. The normalized spacial score (nSPS) is 9.50. The van der Waals surface area contributed by atoms with Crippen molar-refractivity contribution >= 4 is 21.8 Å². The molecule has 0 unspecified atom stereocenters. The van der Waals surface area contributed by atoms with Crippen molar-refractivity contribution in [2.24, 2.45) is 0 Å². The lowest BCUT2D eigenvalue weighted by atomic mass is 10.2. The number of amides is 1. The van der Waals surface area contributed by atoms with Crippen LogP contribution in [0.25, 0.3) is 0 Å². The number of rotatable bonds is 2. The van der Waals surface area contributed by atoms with Gasteiger partial charge in [-0.2, -0.15) is 0 Å². The molecule has 1 amide bonds. The van der Waals surface area contributed by atoms with Gasteiger partial charge in [0.15, 0.2) is 0 Å². The molecule has 4 heteroatoms. The average molecular weight is 332 g/mol. The molecule has 0 aliphatic rings. The van der Waals surface area contributed by atoms with Crippen molar-refractivity contribution in [3.8, 4) is 11.8 Å². The molecule has 100 valence electrons. The van der Waals surface area contributed by atoms with Crippen LogP contribution in [0.5, 0.6) is 0 Å². The van der Waals surface area contributed by atoms with Crippen LogP contribution in [-0.2, 0) is 11.3 Å². The first kappa shape index (κ1) is 14.3. The quantitative estimate of drug-likeness (QED) is 0.841. The van der Waals surface area contributed by atoms with Gasteiger partial charge >= 0.3 is 0 Å². The number of halogens is 2. The molecule has 0 aliphatic heterocycles. The van der Waals surface area contributed by atoms with Crippen molar-refractivity contribution in [1.29, 1.82) is 0 Å². The molecule has 0 saturated heterocycles. The van der Waals surface area contributed by atoms with Crippen LogP contribution < -0.4 is 5.32 Å². The Morgan fingerprint density at radius 2 is 1.95 bits per heavy atom. The summed E-state index contributed by atoms with van der Waals surface area (Å²) < 4.78 is 14.2. The largest absolute Gasteiger partial charge is 0.341 e. The smallest absolute Gasteiger partial charge is 0.296 e. The monoisotopic (exact) mass is 331 g/mol. The van der Waals surface area contributed by atoms with Gasteiger partial charge in [-0.3, -0.25) is 4.79 Å². The molecule has 0 fully saturated rings. The standard InChI is InChI=1S/C16H11BrFNO/c17-14-7-8-15(18)13(10-14)11-19-16(20)9-6-12-4-2-1-3-5-12/h1-5,7-8,10H,11H2,(H,19,20). The Morgan fingerprint density at radius 1 is 1.20 bits per heavy atom. The molecule has 2 rings (SSSR count). The number of benzene rings is 2. The highest BCUT2D eigenvalue weighted by Gasteiger charge is 2.04. The van der Waals surface area contributed by atoms with Crippen molar-refractivity contribution in [3.63, 3.8) is 0 Å². The number of nitrogens with one attached hydrogen (secondary N) is 1. The van der Waals surface area contributed by atoms with Crippen LogP contribution in [0, 0.1) is 17.7 Å². The Bertz CT molecular complexity index is 674. The van der Waals surface area contributed by atoms with Gasteiger partial charge in [0.1, 0.15) is 5.82 Å². The zero-order valence-corrected chi connectivity index (χ0v) is 12.1. The third kappa shape index (κ3) is 4.22. The van der Waals surface area contributed by atoms with Gasteiger partial charge in [-0.05, 0) is 30.3 Å². The fourth-order valence-corrected chi connectivity index (χ4v) is 1.96. The highest BCUT2D eigenvalue weighted by molar-refractivity contribution is 9.10. The Kier molecular flexibility index (Phi) is 4.91. The van der Waals surface area contributed by atoms with Crippen LogP contribution >= 0.6 is 15.9 Å². The van der Waals surface area contributed by atoms with Crippen molar-refractivity contribution in [3.05, 3.63) is 69.9 Å². The van der Waals surface area contributed by atoms with E-state index in [0.29, 0.717) is 5.56 Å². The highest BCUT2D eigenvalue weighted by Crippen LogP contribution is 2.15. The predicted molar refractivity (Wildman–Crippen MR) is 79.3 cm³/mol. The molecular formula is C16H11BrFNO. The zero-order valence-electron chi connectivity index (χ0n) is 10.5. The van der Waals surface area contributed by atoms with Gasteiger partial charge in [0, 0.05) is 28.1 Å². The number of carbonyl (C=O) groups is 1. The molecule has 0 heterocycles. The Labute approximate surface area is 125 Å². The zero-order chi connectivity index (χ0) is 14.4. The van der Waals surface area contributed by atoms with Gasteiger partial charge in [0.05, 0.1) is 0 Å². The second-order valence-corrected chi connectivity index (χ2v) is 4.95. The molecule has 0 spiro atoms. The van der Waals surface area contributed by atoms with Crippen LogP contribution in [0.15, 0.2) is 53.0 Å². The molecule has 0 aromatic heterocycles. The number of hydrogen-bond donors (Lipinski definition) is 1. The molecule has 0 bridgehead atoms. The minimum Gasteiger partial charge on any atom is -0.341 e. The third-order valence-electron chi connectivity index (χ3n) is 2.54. The molecule has 2 aromatic carbocycles. The van der Waals surface area contributed by atoms with E-state index in [4.69, 9.17) is 0 Å². The summed E-state index contributed by atoms with van der Waals surface area (Å²) in [5.41, 5.74) is 1.17. The lowest BCUT2D eigenvalue weighted by Gasteiger charge is -2.03. The molecule has 2 aromatic rings. The number of carbonyl (C=O) groups excluding carboxylic acids is 1. The summed E-state index contributed by atoms with van der Waals surface area (Å²) in [6, 6.07) is 13.8. The maximum absolute atomic E-state index is 13.5. The molecule has 20 heavy (non-hydrogen) atoms. The van der Waals surface area contributed by atoms with Crippen molar-refractivity contribution in [2.75, 3.05) is 0 Å². The Balaban J connectivity index is 1.96. The van der Waals surface area contributed by atoms with E-state index >= 15 is 0 Å². The van der Waals surface area contributed by atoms with E-state index in [0.717, 1.165) is 10.0 Å². The second kappa shape index (κ2) is 6.88.